The molecule has 2 aromatic rings. The minimum absolute atomic E-state index is 0.241. The van der Waals surface area contributed by atoms with Crippen LogP contribution in [0.5, 0.6) is 0 Å². The van der Waals surface area contributed by atoms with Crippen LogP contribution < -0.4 is 10.0 Å². The van der Waals surface area contributed by atoms with Crippen LogP contribution >= 0.6 is 0 Å². The number of rotatable bonds is 5. The molecule has 0 unspecified atom stereocenters. The third-order valence-electron chi connectivity index (χ3n) is 3.65. The topological polar surface area (TPSA) is 75.3 Å². The molecular formula is C17H22N2O3S. The van der Waals surface area contributed by atoms with Gasteiger partial charge in [0.05, 0.1) is 12.3 Å². The summed E-state index contributed by atoms with van der Waals surface area (Å²) in [6.45, 7) is 4.97. The maximum atomic E-state index is 12.4. The molecule has 0 saturated heterocycles. The van der Waals surface area contributed by atoms with Gasteiger partial charge in [-0.3, -0.25) is 4.79 Å². The van der Waals surface area contributed by atoms with Crippen LogP contribution in [0.25, 0.3) is 10.8 Å². The smallest absolute Gasteiger partial charge is 0.241 e. The molecule has 124 valence electrons. The summed E-state index contributed by atoms with van der Waals surface area (Å²) < 4.78 is 25.1. The van der Waals surface area contributed by atoms with Crippen molar-refractivity contribution in [3.63, 3.8) is 0 Å². The van der Waals surface area contributed by atoms with Crippen LogP contribution in [0.1, 0.15) is 32.4 Å². The van der Waals surface area contributed by atoms with E-state index in [9.17, 15) is 13.2 Å². The van der Waals surface area contributed by atoms with Gasteiger partial charge in [0.2, 0.25) is 15.9 Å². The molecule has 1 atom stereocenters. The highest BCUT2D eigenvalue weighted by atomic mass is 32.2. The molecule has 1 amide bonds. The Morgan fingerprint density at radius 2 is 1.70 bits per heavy atom. The number of carbonyl (C=O) groups excluding carboxylic acids is 1. The summed E-state index contributed by atoms with van der Waals surface area (Å²) in [6.07, 6.45) is 1.04. The molecule has 0 aliphatic rings. The van der Waals surface area contributed by atoms with E-state index in [0.717, 1.165) is 22.6 Å². The third-order valence-corrected chi connectivity index (χ3v) is 4.53. The van der Waals surface area contributed by atoms with Crippen molar-refractivity contribution < 1.29 is 13.2 Å². The Morgan fingerprint density at radius 1 is 1.09 bits per heavy atom. The normalized spacial score (nSPS) is 13.7. The third kappa shape index (κ3) is 4.30. The SMILES string of the molecule is C[C@@H](NC(=O)C(C)(C)NS(C)(=O)=O)c1cccc2ccccc12. The van der Waals surface area contributed by atoms with E-state index in [-0.39, 0.29) is 11.9 Å². The molecule has 0 aromatic heterocycles. The molecule has 0 spiro atoms. The van der Waals surface area contributed by atoms with Crippen LogP contribution in [0.4, 0.5) is 0 Å². The van der Waals surface area contributed by atoms with Gasteiger partial charge in [0.1, 0.15) is 5.54 Å². The lowest BCUT2D eigenvalue weighted by Crippen LogP contribution is -2.54. The monoisotopic (exact) mass is 334 g/mol. The molecule has 0 saturated carbocycles. The van der Waals surface area contributed by atoms with Crippen molar-refractivity contribution in [2.75, 3.05) is 6.26 Å². The van der Waals surface area contributed by atoms with Crippen LogP contribution in [0, 0.1) is 0 Å². The van der Waals surface area contributed by atoms with Gasteiger partial charge in [-0.25, -0.2) is 13.1 Å². The van der Waals surface area contributed by atoms with Crippen LogP contribution in [-0.2, 0) is 14.8 Å². The summed E-state index contributed by atoms with van der Waals surface area (Å²) in [4.78, 5) is 12.4. The van der Waals surface area contributed by atoms with E-state index < -0.39 is 15.6 Å². The van der Waals surface area contributed by atoms with E-state index in [1.807, 2.05) is 49.4 Å². The van der Waals surface area contributed by atoms with Gasteiger partial charge in [-0.15, -0.1) is 0 Å². The minimum atomic E-state index is -3.47. The molecule has 5 nitrogen and oxygen atoms in total. The first kappa shape index (κ1) is 17.4. The van der Waals surface area contributed by atoms with E-state index in [2.05, 4.69) is 10.0 Å². The highest BCUT2D eigenvalue weighted by Crippen LogP contribution is 2.24. The van der Waals surface area contributed by atoms with Crippen molar-refractivity contribution in [1.29, 1.82) is 0 Å². The van der Waals surface area contributed by atoms with Crippen molar-refractivity contribution in [1.82, 2.24) is 10.0 Å². The fourth-order valence-corrected chi connectivity index (χ4v) is 3.61. The van der Waals surface area contributed by atoms with E-state index in [4.69, 9.17) is 0 Å². The Balaban J connectivity index is 2.24. The molecule has 2 N–H and O–H groups in total. The van der Waals surface area contributed by atoms with Gasteiger partial charge in [0, 0.05) is 0 Å². The molecule has 0 radical (unpaired) electrons. The number of carbonyl (C=O) groups is 1. The molecule has 2 aromatic carbocycles. The van der Waals surface area contributed by atoms with Crippen LogP contribution in [0.3, 0.4) is 0 Å². The second kappa shape index (κ2) is 6.29. The summed E-state index contributed by atoms with van der Waals surface area (Å²) in [5.74, 6) is -0.372. The first-order valence-corrected chi connectivity index (χ1v) is 9.27. The molecule has 0 aliphatic heterocycles. The quantitative estimate of drug-likeness (QED) is 0.881. The second-order valence-electron chi connectivity index (χ2n) is 6.26. The zero-order valence-corrected chi connectivity index (χ0v) is 14.6. The maximum absolute atomic E-state index is 12.4. The number of nitrogens with one attached hydrogen (secondary N) is 2. The summed E-state index contributed by atoms with van der Waals surface area (Å²) >= 11 is 0. The van der Waals surface area contributed by atoms with Gasteiger partial charge >= 0.3 is 0 Å². The van der Waals surface area contributed by atoms with E-state index in [1.165, 1.54) is 0 Å². The van der Waals surface area contributed by atoms with E-state index >= 15 is 0 Å². The number of benzene rings is 2. The zero-order valence-electron chi connectivity index (χ0n) is 13.8. The van der Waals surface area contributed by atoms with E-state index in [1.54, 1.807) is 13.8 Å². The highest BCUT2D eigenvalue weighted by Gasteiger charge is 2.31. The molecular weight excluding hydrogens is 312 g/mol. The molecule has 2 rings (SSSR count). The van der Waals surface area contributed by atoms with Gasteiger partial charge in [0.25, 0.3) is 0 Å². The van der Waals surface area contributed by atoms with Crippen LogP contribution in [0.15, 0.2) is 42.5 Å². The Kier molecular flexibility index (Phi) is 4.77. The van der Waals surface area contributed by atoms with Crippen LogP contribution in [-0.4, -0.2) is 26.1 Å². The number of hydrogen-bond acceptors (Lipinski definition) is 3. The highest BCUT2D eigenvalue weighted by molar-refractivity contribution is 7.88. The Hall–Kier alpha value is -1.92. The predicted molar refractivity (Wildman–Crippen MR) is 92.6 cm³/mol. The van der Waals surface area contributed by atoms with Gasteiger partial charge in [-0.1, -0.05) is 42.5 Å². The number of sulfonamides is 1. The average molecular weight is 334 g/mol. The largest absolute Gasteiger partial charge is 0.348 e. The Morgan fingerprint density at radius 3 is 2.35 bits per heavy atom. The fourth-order valence-electron chi connectivity index (χ4n) is 2.59. The predicted octanol–water partition coefficient (Wildman–Crippen LogP) is 2.34. The summed E-state index contributed by atoms with van der Waals surface area (Å²) in [5, 5.41) is 5.05. The van der Waals surface area contributed by atoms with Crippen LogP contribution in [0.2, 0.25) is 0 Å². The van der Waals surface area contributed by atoms with Crippen molar-refractivity contribution in [3.8, 4) is 0 Å². The lowest BCUT2D eigenvalue weighted by atomic mass is 9.98. The molecule has 0 aliphatic carbocycles. The summed E-state index contributed by atoms with van der Waals surface area (Å²) in [5.41, 5.74) is -0.224. The first-order valence-electron chi connectivity index (χ1n) is 7.38. The molecule has 0 fully saturated rings. The standard InChI is InChI=1S/C17H22N2O3S/c1-12(18-16(20)17(2,3)19-23(4,21)22)14-11-7-9-13-8-5-6-10-15(13)14/h5-12,19H,1-4H3,(H,18,20)/t12-/m1/s1. The first-order chi connectivity index (χ1) is 10.6. The Bertz CT molecular complexity index is 823. The molecule has 0 bridgehead atoms. The van der Waals surface area contributed by atoms with Crippen molar-refractivity contribution >= 4 is 26.7 Å². The average Bonchev–Trinajstić information content (AvgIpc) is 2.44. The number of amides is 1. The van der Waals surface area contributed by atoms with Gasteiger partial charge in [0.15, 0.2) is 0 Å². The summed E-state index contributed by atoms with van der Waals surface area (Å²) in [7, 11) is -3.47. The zero-order chi connectivity index (χ0) is 17.3. The fraction of sp³-hybridized carbons (Fsp3) is 0.353. The van der Waals surface area contributed by atoms with Gasteiger partial charge < -0.3 is 5.32 Å². The Labute approximate surface area is 137 Å². The van der Waals surface area contributed by atoms with Gasteiger partial charge in [-0.05, 0) is 37.1 Å². The van der Waals surface area contributed by atoms with Gasteiger partial charge in [-0.2, -0.15) is 0 Å². The number of fused-ring (bicyclic) bond motifs is 1. The van der Waals surface area contributed by atoms with Crippen molar-refractivity contribution in [2.45, 2.75) is 32.4 Å². The molecule has 23 heavy (non-hydrogen) atoms. The molecule has 6 heteroatoms. The van der Waals surface area contributed by atoms with Crippen molar-refractivity contribution in [2.24, 2.45) is 0 Å². The number of hydrogen-bond donors (Lipinski definition) is 2. The lowest BCUT2D eigenvalue weighted by Gasteiger charge is -2.26. The second-order valence-corrected chi connectivity index (χ2v) is 8.01. The summed E-state index contributed by atoms with van der Waals surface area (Å²) in [6, 6.07) is 13.6. The van der Waals surface area contributed by atoms with E-state index in [0.29, 0.717) is 0 Å². The van der Waals surface area contributed by atoms with Crippen molar-refractivity contribution in [3.05, 3.63) is 48.0 Å². The molecule has 0 heterocycles. The minimum Gasteiger partial charge on any atom is -0.348 e. The maximum Gasteiger partial charge on any atom is 0.241 e. The lowest BCUT2D eigenvalue weighted by molar-refractivity contribution is -0.126.